The molecule has 2 atom stereocenters. The predicted octanol–water partition coefficient (Wildman–Crippen LogP) is 3.10. The monoisotopic (exact) mass is 496 g/mol. The molecule has 0 saturated heterocycles. The first-order valence-corrected chi connectivity index (χ1v) is 11.8. The van der Waals surface area contributed by atoms with Crippen LogP contribution in [0.3, 0.4) is 0 Å². The molecule has 172 valence electrons. The summed E-state index contributed by atoms with van der Waals surface area (Å²) in [6.45, 7) is 6.07. The highest BCUT2D eigenvalue weighted by Crippen LogP contribution is 2.31. The molecule has 0 radical (unpaired) electrons. The van der Waals surface area contributed by atoms with E-state index in [-0.39, 0.29) is 30.9 Å². The first kappa shape index (κ1) is 25.3. The first-order valence-electron chi connectivity index (χ1n) is 10.8. The lowest BCUT2D eigenvalue weighted by molar-refractivity contribution is -0.150. The Morgan fingerprint density at radius 2 is 1.77 bits per heavy atom. The molecule has 1 aromatic carbocycles. The smallest absolute Gasteiger partial charge is 0.331 e. The van der Waals surface area contributed by atoms with Gasteiger partial charge in [-0.1, -0.05) is 73.0 Å². The largest absolute Gasteiger partial charge is 0.464 e. The summed E-state index contributed by atoms with van der Waals surface area (Å²) in [5, 5.41) is 5.72. The number of halogens is 1. The molecule has 0 bridgehead atoms. The van der Waals surface area contributed by atoms with E-state index in [9.17, 15) is 14.4 Å². The molecule has 0 aliphatic heterocycles. The van der Waals surface area contributed by atoms with Crippen molar-refractivity contribution in [3.63, 3.8) is 0 Å². The Morgan fingerprint density at radius 3 is 2.35 bits per heavy atom. The fourth-order valence-electron chi connectivity index (χ4n) is 3.57. The van der Waals surface area contributed by atoms with Crippen LogP contribution in [0.1, 0.15) is 52.0 Å². The van der Waals surface area contributed by atoms with Crippen molar-refractivity contribution >= 4 is 33.7 Å². The normalized spacial score (nSPS) is 17.1. The van der Waals surface area contributed by atoms with Gasteiger partial charge in [-0.25, -0.2) is 4.79 Å². The Bertz CT molecular complexity index is 735. The minimum Gasteiger partial charge on any atom is -0.464 e. The van der Waals surface area contributed by atoms with Gasteiger partial charge >= 0.3 is 5.97 Å². The number of carbonyl (C=O) groups excluding carboxylic acids is 3. The summed E-state index contributed by atoms with van der Waals surface area (Å²) in [6, 6.07) is 8.63. The van der Waals surface area contributed by atoms with Gasteiger partial charge in [-0.15, -0.1) is 0 Å². The van der Waals surface area contributed by atoms with E-state index in [0.717, 1.165) is 18.4 Å². The van der Waals surface area contributed by atoms with Crippen LogP contribution in [-0.4, -0.2) is 47.4 Å². The topological polar surface area (TPSA) is 93.7 Å². The minimum absolute atomic E-state index is 0.0173. The molecule has 2 amide bonds. The summed E-state index contributed by atoms with van der Waals surface area (Å²) in [5.74, 6) is -1.06. The number of benzene rings is 1. The van der Waals surface area contributed by atoms with Crippen molar-refractivity contribution in [2.24, 2.45) is 5.92 Å². The number of hydrogen-bond donors (Lipinski definition) is 2. The summed E-state index contributed by atoms with van der Waals surface area (Å²) in [5.41, 5.74) is -0.0599. The maximum Gasteiger partial charge on any atom is 0.331 e. The Labute approximate surface area is 192 Å². The van der Waals surface area contributed by atoms with E-state index in [1.165, 1.54) is 0 Å². The molecule has 8 heteroatoms. The lowest BCUT2D eigenvalue weighted by Crippen LogP contribution is -2.61. The highest BCUT2D eigenvalue weighted by molar-refractivity contribution is 9.10. The fraction of sp³-hybridized carbons (Fsp3) is 0.609. The van der Waals surface area contributed by atoms with Crippen molar-refractivity contribution in [3.05, 3.63) is 35.9 Å². The van der Waals surface area contributed by atoms with Gasteiger partial charge in [0.25, 0.3) is 0 Å². The lowest BCUT2D eigenvalue weighted by Gasteiger charge is -2.32. The van der Waals surface area contributed by atoms with E-state index in [0.29, 0.717) is 19.4 Å². The number of rotatable bonds is 11. The molecule has 1 aromatic rings. The Hall–Kier alpha value is -1.93. The SMILES string of the molecule is CCOC(=O)C(COCc1ccccc1)NC(=O)C1(NC(=O)C(Br)C(C)C)CCCC1. The van der Waals surface area contributed by atoms with Crippen molar-refractivity contribution < 1.29 is 23.9 Å². The van der Waals surface area contributed by atoms with Crippen LogP contribution in [-0.2, 0) is 30.5 Å². The van der Waals surface area contributed by atoms with E-state index in [1.807, 2.05) is 44.2 Å². The van der Waals surface area contributed by atoms with Crippen LogP contribution < -0.4 is 10.6 Å². The average Bonchev–Trinajstić information content (AvgIpc) is 3.22. The van der Waals surface area contributed by atoms with Crippen LogP contribution in [0.4, 0.5) is 0 Å². The summed E-state index contributed by atoms with van der Waals surface area (Å²) in [7, 11) is 0. The van der Waals surface area contributed by atoms with Gasteiger partial charge in [0.2, 0.25) is 11.8 Å². The highest BCUT2D eigenvalue weighted by atomic mass is 79.9. The summed E-state index contributed by atoms with van der Waals surface area (Å²) in [4.78, 5) is 37.9. The number of carbonyl (C=O) groups is 3. The molecule has 2 N–H and O–H groups in total. The van der Waals surface area contributed by atoms with E-state index in [1.54, 1.807) is 6.92 Å². The molecule has 0 spiro atoms. The minimum atomic E-state index is -1.03. The van der Waals surface area contributed by atoms with Gasteiger partial charge in [-0.3, -0.25) is 9.59 Å². The molecular weight excluding hydrogens is 464 g/mol. The van der Waals surface area contributed by atoms with E-state index >= 15 is 0 Å². The Kier molecular flexibility index (Phi) is 9.96. The van der Waals surface area contributed by atoms with Crippen molar-refractivity contribution in [3.8, 4) is 0 Å². The number of amides is 2. The van der Waals surface area contributed by atoms with E-state index < -0.39 is 22.4 Å². The molecule has 0 aromatic heterocycles. The molecule has 31 heavy (non-hydrogen) atoms. The maximum atomic E-state index is 13.2. The number of hydrogen-bond acceptors (Lipinski definition) is 5. The molecule has 0 heterocycles. The molecule has 1 saturated carbocycles. The average molecular weight is 497 g/mol. The molecule has 1 aliphatic carbocycles. The zero-order valence-corrected chi connectivity index (χ0v) is 20.1. The van der Waals surface area contributed by atoms with Gasteiger partial charge in [0.15, 0.2) is 6.04 Å². The van der Waals surface area contributed by atoms with Crippen LogP contribution >= 0.6 is 15.9 Å². The zero-order chi connectivity index (χ0) is 22.9. The summed E-state index contributed by atoms with van der Waals surface area (Å²) >= 11 is 3.40. The van der Waals surface area contributed by atoms with Crippen molar-refractivity contribution in [1.82, 2.24) is 10.6 Å². The van der Waals surface area contributed by atoms with Gasteiger partial charge in [-0.2, -0.15) is 0 Å². The van der Waals surface area contributed by atoms with Gasteiger partial charge in [0.1, 0.15) is 5.54 Å². The molecule has 1 fully saturated rings. The lowest BCUT2D eigenvalue weighted by atomic mass is 9.94. The van der Waals surface area contributed by atoms with Crippen LogP contribution in [0.15, 0.2) is 30.3 Å². The van der Waals surface area contributed by atoms with E-state index in [4.69, 9.17) is 9.47 Å². The molecular formula is C23H33BrN2O5. The van der Waals surface area contributed by atoms with Crippen molar-refractivity contribution in [2.75, 3.05) is 13.2 Å². The molecule has 2 rings (SSSR count). The van der Waals surface area contributed by atoms with Gasteiger partial charge in [-0.05, 0) is 31.2 Å². The maximum absolute atomic E-state index is 13.2. The quantitative estimate of drug-likeness (QED) is 0.362. The van der Waals surface area contributed by atoms with Crippen LogP contribution in [0.5, 0.6) is 0 Å². The first-order chi connectivity index (χ1) is 14.8. The Balaban J connectivity index is 2.06. The van der Waals surface area contributed by atoms with Crippen LogP contribution in [0, 0.1) is 5.92 Å². The second kappa shape index (κ2) is 12.2. The second-order valence-corrected chi connectivity index (χ2v) is 9.19. The predicted molar refractivity (Wildman–Crippen MR) is 122 cm³/mol. The van der Waals surface area contributed by atoms with Gasteiger partial charge in [0, 0.05) is 0 Å². The van der Waals surface area contributed by atoms with E-state index in [2.05, 4.69) is 26.6 Å². The fourth-order valence-corrected chi connectivity index (χ4v) is 3.69. The van der Waals surface area contributed by atoms with Crippen molar-refractivity contribution in [2.45, 2.75) is 69.5 Å². The summed E-state index contributed by atoms with van der Waals surface area (Å²) < 4.78 is 10.8. The Morgan fingerprint density at radius 1 is 1.13 bits per heavy atom. The third-order valence-electron chi connectivity index (χ3n) is 5.36. The van der Waals surface area contributed by atoms with Crippen molar-refractivity contribution in [1.29, 1.82) is 0 Å². The third-order valence-corrected chi connectivity index (χ3v) is 6.84. The standard InChI is InChI=1S/C23H33BrN2O5/c1-4-31-21(28)18(15-30-14-17-10-6-5-7-11-17)25-22(29)23(12-8-9-13-23)26-20(27)19(24)16(2)3/h5-7,10-11,16,18-19H,4,8-9,12-15H2,1-3H3,(H,25,29)(H,26,27). The molecule has 2 unspecified atom stereocenters. The van der Waals surface area contributed by atoms with Gasteiger partial charge in [0.05, 0.1) is 24.6 Å². The highest BCUT2D eigenvalue weighted by Gasteiger charge is 2.44. The van der Waals surface area contributed by atoms with Crippen LogP contribution in [0.2, 0.25) is 0 Å². The zero-order valence-electron chi connectivity index (χ0n) is 18.5. The number of ether oxygens (including phenoxy) is 2. The number of nitrogens with one attached hydrogen (secondary N) is 2. The van der Waals surface area contributed by atoms with Gasteiger partial charge < -0.3 is 20.1 Å². The summed E-state index contributed by atoms with van der Waals surface area (Å²) in [6.07, 6.45) is 2.72. The second-order valence-electron chi connectivity index (χ2n) is 8.20. The van der Waals surface area contributed by atoms with Crippen LogP contribution in [0.25, 0.3) is 0 Å². The number of esters is 1. The number of alkyl halides is 1. The molecule has 1 aliphatic rings. The third kappa shape index (κ3) is 7.31. The molecule has 7 nitrogen and oxygen atoms in total.